The maximum atomic E-state index is 13.1. The number of aromatic nitrogens is 1. The molecule has 1 aromatic heterocycles. The Morgan fingerprint density at radius 2 is 1.83 bits per heavy atom. The minimum absolute atomic E-state index is 0.0726. The Bertz CT molecular complexity index is 1320. The molecule has 0 aliphatic carbocycles. The van der Waals surface area contributed by atoms with Gasteiger partial charge in [-0.3, -0.25) is 9.78 Å². The number of urea groups is 1. The molecule has 2 atom stereocenters. The van der Waals surface area contributed by atoms with Crippen LogP contribution in [0.4, 0.5) is 23.7 Å². The molecular weight excluding hydrogens is 501 g/mol. The summed E-state index contributed by atoms with van der Waals surface area (Å²) >= 11 is 5.62. The second-order valence-corrected chi connectivity index (χ2v) is 8.28. The van der Waals surface area contributed by atoms with Gasteiger partial charge in [0.2, 0.25) is 0 Å². The van der Waals surface area contributed by atoms with Crippen molar-refractivity contribution in [3.63, 3.8) is 0 Å². The zero-order valence-electron chi connectivity index (χ0n) is 18.9. The van der Waals surface area contributed by atoms with Crippen molar-refractivity contribution in [3.8, 4) is 17.2 Å². The standard InChI is InChI=1S/C24H20ClF3N4O4/c1-12-16-10-14(35-15-7-8-30-19(11-15)21(33)29-2)4-6-20(16)36-22(12)32-23(34)31-13-3-5-18(25)17(9-13)24(26,27)28/h3-12,22H,1-2H3,(H,29,33)(H2,31,32,34)/t12-,22+/m0/s1. The number of benzene rings is 2. The molecule has 4 rings (SSSR count). The Morgan fingerprint density at radius 1 is 1.08 bits per heavy atom. The van der Waals surface area contributed by atoms with Crippen molar-refractivity contribution >= 4 is 29.2 Å². The predicted molar refractivity (Wildman–Crippen MR) is 126 cm³/mol. The Balaban J connectivity index is 1.42. The molecule has 8 nitrogen and oxygen atoms in total. The Morgan fingerprint density at radius 3 is 2.56 bits per heavy atom. The minimum atomic E-state index is -4.66. The van der Waals surface area contributed by atoms with Crippen molar-refractivity contribution in [2.75, 3.05) is 12.4 Å². The number of nitrogens with zero attached hydrogens (tertiary/aromatic N) is 1. The summed E-state index contributed by atoms with van der Waals surface area (Å²) in [5.74, 6) is 0.752. The molecule has 0 fully saturated rings. The van der Waals surface area contributed by atoms with E-state index in [9.17, 15) is 22.8 Å². The number of hydrogen-bond donors (Lipinski definition) is 3. The van der Waals surface area contributed by atoms with Gasteiger partial charge in [-0.15, -0.1) is 0 Å². The van der Waals surface area contributed by atoms with Crippen molar-refractivity contribution in [2.24, 2.45) is 0 Å². The van der Waals surface area contributed by atoms with E-state index in [0.29, 0.717) is 17.2 Å². The van der Waals surface area contributed by atoms with E-state index in [1.165, 1.54) is 25.4 Å². The van der Waals surface area contributed by atoms with E-state index in [1.54, 1.807) is 24.3 Å². The Labute approximate surface area is 208 Å². The molecule has 12 heteroatoms. The number of ether oxygens (including phenoxy) is 2. The molecule has 2 aromatic carbocycles. The van der Waals surface area contributed by atoms with Crippen molar-refractivity contribution < 1.29 is 32.2 Å². The fraction of sp³-hybridized carbons (Fsp3) is 0.208. The van der Waals surface area contributed by atoms with Gasteiger partial charge in [-0.1, -0.05) is 18.5 Å². The Hall–Kier alpha value is -3.99. The minimum Gasteiger partial charge on any atom is -0.470 e. The van der Waals surface area contributed by atoms with E-state index in [1.807, 2.05) is 6.92 Å². The molecule has 0 spiro atoms. The maximum Gasteiger partial charge on any atom is 0.417 e. The smallest absolute Gasteiger partial charge is 0.417 e. The second kappa shape index (κ2) is 9.94. The first-order valence-corrected chi connectivity index (χ1v) is 11.0. The number of fused-ring (bicyclic) bond motifs is 1. The first-order chi connectivity index (χ1) is 17.0. The van der Waals surface area contributed by atoms with Gasteiger partial charge >= 0.3 is 12.2 Å². The van der Waals surface area contributed by atoms with Gasteiger partial charge in [-0.2, -0.15) is 13.2 Å². The van der Waals surface area contributed by atoms with Gasteiger partial charge in [0, 0.05) is 36.5 Å². The monoisotopic (exact) mass is 520 g/mol. The number of halogens is 4. The zero-order valence-corrected chi connectivity index (χ0v) is 19.7. The van der Waals surface area contributed by atoms with Gasteiger partial charge in [0.25, 0.3) is 5.91 Å². The highest BCUT2D eigenvalue weighted by Gasteiger charge is 2.34. The van der Waals surface area contributed by atoms with Crippen molar-refractivity contribution in [3.05, 3.63) is 76.6 Å². The fourth-order valence-corrected chi connectivity index (χ4v) is 3.81. The lowest BCUT2D eigenvalue weighted by Gasteiger charge is -2.18. The van der Waals surface area contributed by atoms with Crippen molar-refractivity contribution in [2.45, 2.75) is 25.2 Å². The van der Waals surface area contributed by atoms with Crippen LogP contribution in [0.3, 0.4) is 0 Å². The predicted octanol–water partition coefficient (Wildman–Crippen LogP) is 5.55. The highest BCUT2D eigenvalue weighted by atomic mass is 35.5. The van der Waals surface area contributed by atoms with Crippen LogP contribution in [-0.2, 0) is 6.18 Å². The summed E-state index contributed by atoms with van der Waals surface area (Å²) < 4.78 is 50.9. The van der Waals surface area contributed by atoms with Gasteiger partial charge in [0.15, 0.2) is 6.23 Å². The lowest BCUT2D eigenvalue weighted by Crippen LogP contribution is -2.42. The van der Waals surface area contributed by atoms with E-state index in [-0.39, 0.29) is 23.2 Å². The van der Waals surface area contributed by atoms with Gasteiger partial charge in [0.1, 0.15) is 22.9 Å². The first kappa shape index (κ1) is 25.1. The highest BCUT2D eigenvalue weighted by molar-refractivity contribution is 6.31. The number of anilines is 1. The highest BCUT2D eigenvalue weighted by Crippen LogP contribution is 2.40. The molecular formula is C24H20ClF3N4O4. The molecule has 0 radical (unpaired) electrons. The van der Waals surface area contributed by atoms with Crippen LogP contribution in [0.5, 0.6) is 17.2 Å². The number of nitrogens with one attached hydrogen (secondary N) is 3. The summed E-state index contributed by atoms with van der Waals surface area (Å²) in [7, 11) is 1.50. The lowest BCUT2D eigenvalue weighted by atomic mass is 10.0. The maximum absolute atomic E-state index is 13.1. The number of carbonyl (C=O) groups excluding carboxylic acids is 2. The first-order valence-electron chi connectivity index (χ1n) is 10.7. The van der Waals surface area contributed by atoms with Crippen LogP contribution < -0.4 is 25.4 Å². The molecule has 0 bridgehead atoms. The molecule has 3 aromatic rings. The van der Waals surface area contributed by atoms with Crippen LogP contribution in [0.15, 0.2) is 54.7 Å². The van der Waals surface area contributed by atoms with Crippen LogP contribution in [0.2, 0.25) is 5.02 Å². The zero-order chi connectivity index (χ0) is 26.0. The number of rotatable bonds is 5. The molecule has 188 valence electrons. The largest absolute Gasteiger partial charge is 0.470 e. The number of hydrogen-bond acceptors (Lipinski definition) is 5. The summed E-state index contributed by atoms with van der Waals surface area (Å²) in [5, 5.41) is 7.00. The Kier molecular flexibility index (Phi) is 6.93. The number of amides is 3. The van der Waals surface area contributed by atoms with Crippen LogP contribution in [-0.4, -0.2) is 30.2 Å². The average molecular weight is 521 g/mol. The van der Waals surface area contributed by atoms with Crippen LogP contribution in [0.25, 0.3) is 0 Å². The van der Waals surface area contributed by atoms with Crippen LogP contribution >= 0.6 is 11.6 Å². The fourth-order valence-electron chi connectivity index (χ4n) is 3.59. The van der Waals surface area contributed by atoms with E-state index in [2.05, 4.69) is 20.9 Å². The second-order valence-electron chi connectivity index (χ2n) is 7.88. The number of pyridine rings is 1. The van der Waals surface area contributed by atoms with Gasteiger partial charge in [-0.25, -0.2) is 4.79 Å². The SMILES string of the molecule is CNC(=O)c1cc(Oc2ccc3c(c2)[C@H](C)[C@H](NC(=O)Nc2ccc(Cl)c(C(F)(F)F)c2)O3)ccn1. The topological polar surface area (TPSA) is 102 Å². The van der Waals surface area contributed by atoms with Gasteiger partial charge in [0.05, 0.1) is 10.6 Å². The van der Waals surface area contributed by atoms with E-state index < -0.39 is 29.0 Å². The summed E-state index contributed by atoms with van der Waals surface area (Å²) in [4.78, 5) is 28.2. The molecule has 1 aliphatic heterocycles. The third kappa shape index (κ3) is 5.46. The van der Waals surface area contributed by atoms with E-state index >= 15 is 0 Å². The number of carbonyl (C=O) groups is 2. The summed E-state index contributed by atoms with van der Waals surface area (Å²) in [6.45, 7) is 1.82. The average Bonchev–Trinajstić information content (AvgIpc) is 3.13. The molecule has 0 saturated heterocycles. The van der Waals surface area contributed by atoms with Crippen molar-refractivity contribution in [1.29, 1.82) is 0 Å². The quantitative estimate of drug-likeness (QED) is 0.409. The molecule has 2 heterocycles. The summed E-state index contributed by atoms with van der Waals surface area (Å²) in [5.41, 5.74) is -0.170. The third-order valence-electron chi connectivity index (χ3n) is 5.41. The lowest BCUT2D eigenvalue weighted by molar-refractivity contribution is -0.137. The molecule has 36 heavy (non-hydrogen) atoms. The van der Waals surface area contributed by atoms with Crippen LogP contribution in [0.1, 0.15) is 34.5 Å². The van der Waals surface area contributed by atoms with Crippen LogP contribution in [0, 0.1) is 0 Å². The van der Waals surface area contributed by atoms with Gasteiger partial charge in [-0.05, 0) is 42.5 Å². The number of alkyl halides is 3. The van der Waals surface area contributed by atoms with E-state index in [4.69, 9.17) is 21.1 Å². The molecule has 3 N–H and O–H groups in total. The molecule has 0 unspecified atom stereocenters. The van der Waals surface area contributed by atoms with E-state index in [0.717, 1.165) is 17.7 Å². The van der Waals surface area contributed by atoms with Gasteiger partial charge < -0.3 is 25.4 Å². The van der Waals surface area contributed by atoms with Crippen molar-refractivity contribution in [1.82, 2.24) is 15.6 Å². The molecule has 0 saturated carbocycles. The summed E-state index contributed by atoms with van der Waals surface area (Å²) in [6, 6.07) is 10.5. The summed E-state index contributed by atoms with van der Waals surface area (Å²) in [6.07, 6.45) is -3.98. The molecule has 1 aliphatic rings. The molecule has 3 amide bonds. The third-order valence-corrected chi connectivity index (χ3v) is 5.74. The normalized spacial score (nSPS) is 16.5.